The summed E-state index contributed by atoms with van der Waals surface area (Å²) in [6.07, 6.45) is -11.5. The second-order valence-electron chi connectivity index (χ2n) is 4.95. The minimum Gasteiger partial charge on any atom is -0.480 e. The van der Waals surface area contributed by atoms with Crippen LogP contribution in [-0.2, 0) is 22.3 Å². The van der Waals surface area contributed by atoms with Crippen molar-refractivity contribution in [2.24, 2.45) is 0 Å². The number of aliphatic carboxylic acids is 1. The summed E-state index contributed by atoms with van der Waals surface area (Å²) in [7, 11) is 0. The van der Waals surface area contributed by atoms with Crippen LogP contribution in [0.1, 0.15) is 24.0 Å². The van der Waals surface area contributed by atoms with Gasteiger partial charge in [-0.05, 0) is 17.7 Å². The largest absolute Gasteiger partial charge is 0.480 e. The highest BCUT2D eigenvalue weighted by molar-refractivity contribution is 5.81. The molecule has 0 heterocycles. The molecule has 0 unspecified atom stereocenters. The third kappa shape index (κ3) is 6.88. The molecule has 0 saturated heterocycles. The van der Waals surface area contributed by atoms with E-state index in [4.69, 9.17) is 5.11 Å². The van der Waals surface area contributed by atoms with E-state index in [9.17, 15) is 35.9 Å². The molecule has 0 aromatic heterocycles. The van der Waals surface area contributed by atoms with Gasteiger partial charge in [-0.25, -0.2) is 0 Å². The lowest BCUT2D eigenvalue weighted by Gasteiger charge is -2.21. The molecule has 1 aromatic rings. The Morgan fingerprint density at radius 1 is 1.00 bits per heavy atom. The van der Waals surface area contributed by atoms with Crippen molar-refractivity contribution in [3.63, 3.8) is 0 Å². The van der Waals surface area contributed by atoms with Crippen molar-refractivity contribution in [2.45, 2.75) is 31.7 Å². The van der Waals surface area contributed by atoms with Crippen molar-refractivity contribution in [3.05, 3.63) is 35.4 Å². The Morgan fingerprint density at radius 2 is 1.54 bits per heavy atom. The lowest BCUT2D eigenvalue weighted by molar-refractivity contribution is -0.152. The molecule has 1 amide bonds. The highest BCUT2D eigenvalue weighted by Crippen LogP contribution is 2.29. The van der Waals surface area contributed by atoms with E-state index >= 15 is 0 Å². The summed E-state index contributed by atoms with van der Waals surface area (Å²) in [4.78, 5) is 23.1. The number of amides is 1. The molecule has 134 valence electrons. The first-order valence-corrected chi connectivity index (χ1v) is 6.61. The third-order valence-corrected chi connectivity index (χ3v) is 2.96. The molecule has 0 spiro atoms. The molecule has 1 N–H and O–H groups in total. The maximum Gasteiger partial charge on any atom is 0.416 e. The van der Waals surface area contributed by atoms with E-state index in [1.54, 1.807) is 0 Å². The molecule has 0 aliphatic carbocycles. The van der Waals surface area contributed by atoms with Gasteiger partial charge in [0.1, 0.15) is 6.54 Å². The van der Waals surface area contributed by atoms with E-state index in [2.05, 4.69) is 0 Å². The van der Waals surface area contributed by atoms with E-state index in [-0.39, 0.29) is 5.56 Å². The average Bonchev–Trinajstić information content (AvgIpc) is 2.42. The SMILES string of the molecule is O=C(O)CN(Cc1ccc(C(F)(F)F)cc1)C(=O)CCC(F)(F)F. The highest BCUT2D eigenvalue weighted by atomic mass is 19.4. The van der Waals surface area contributed by atoms with Gasteiger partial charge in [-0.1, -0.05) is 12.1 Å². The molecule has 0 bridgehead atoms. The quantitative estimate of drug-likeness (QED) is 0.794. The lowest BCUT2D eigenvalue weighted by Crippen LogP contribution is -2.35. The second-order valence-corrected chi connectivity index (χ2v) is 4.95. The van der Waals surface area contributed by atoms with Gasteiger partial charge in [-0.3, -0.25) is 9.59 Å². The Kier molecular flexibility index (Phi) is 6.22. The van der Waals surface area contributed by atoms with Gasteiger partial charge >= 0.3 is 18.3 Å². The molecule has 24 heavy (non-hydrogen) atoms. The summed E-state index contributed by atoms with van der Waals surface area (Å²) in [5, 5.41) is 8.72. The van der Waals surface area contributed by atoms with E-state index < -0.39 is 55.7 Å². The molecule has 0 aliphatic rings. The minimum atomic E-state index is -4.57. The van der Waals surface area contributed by atoms with Gasteiger partial charge in [0.05, 0.1) is 12.0 Å². The first-order chi connectivity index (χ1) is 10.9. The maximum absolute atomic E-state index is 12.4. The smallest absolute Gasteiger partial charge is 0.416 e. The van der Waals surface area contributed by atoms with Crippen LogP contribution >= 0.6 is 0 Å². The van der Waals surface area contributed by atoms with Crippen molar-refractivity contribution in [1.82, 2.24) is 4.90 Å². The van der Waals surface area contributed by atoms with E-state index in [0.29, 0.717) is 4.90 Å². The van der Waals surface area contributed by atoms with Crippen LogP contribution in [0.25, 0.3) is 0 Å². The maximum atomic E-state index is 12.4. The van der Waals surface area contributed by atoms with Gasteiger partial charge in [0.15, 0.2) is 0 Å². The predicted molar refractivity (Wildman–Crippen MR) is 69.8 cm³/mol. The van der Waals surface area contributed by atoms with Crippen molar-refractivity contribution in [3.8, 4) is 0 Å². The molecule has 0 fully saturated rings. The van der Waals surface area contributed by atoms with Gasteiger partial charge in [0.25, 0.3) is 0 Å². The van der Waals surface area contributed by atoms with E-state index in [1.807, 2.05) is 0 Å². The fraction of sp³-hybridized carbons (Fsp3) is 0.429. The molecule has 1 rings (SSSR count). The summed E-state index contributed by atoms with van der Waals surface area (Å²) in [6, 6.07) is 3.56. The summed E-state index contributed by atoms with van der Waals surface area (Å²) in [5.74, 6) is -2.49. The number of rotatable bonds is 6. The van der Waals surface area contributed by atoms with Crippen LogP contribution in [0, 0.1) is 0 Å². The van der Waals surface area contributed by atoms with Gasteiger partial charge in [0.2, 0.25) is 5.91 Å². The van der Waals surface area contributed by atoms with Crippen LogP contribution in [0.4, 0.5) is 26.3 Å². The second kappa shape index (κ2) is 7.54. The Hall–Kier alpha value is -2.26. The van der Waals surface area contributed by atoms with E-state index in [1.165, 1.54) is 0 Å². The third-order valence-electron chi connectivity index (χ3n) is 2.96. The van der Waals surface area contributed by atoms with Crippen molar-refractivity contribution >= 4 is 11.9 Å². The molecule has 0 aliphatic heterocycles. The lowest BCUT2D eigenvalue weighted by atomic mass is 10.1. The van der Waals surface area contributed by atoms with Crippen molar-refractivity contribution in [2.75, 3.05) is 6.54 Å². The standard InChI is InChI=1S/C14H13F6NO3/c15-13(16,17)6-5-11(22)21(8-12(23)24)7-9-1-3-10(4-2-9)14(18,19)20/h1-4H,5-8H2,(H,23,24). The number of carbonyl (C=O) groups excluding carboxylic acids is 1. The van der Waals surface area contributed by atoms with Gasteiger partial charge in [0, 0.05) is 13.0 Å². The van der Waals surface area contributed by atoms with Crippen LogP contribution < -0.4 is 0 Å². The monoisotopic (exact) mass is 357 g/mol. The first kappa shape index (κ1) is 19.8. The van der Waals surface area contributed by atoms with E-state index in [0.717, 1.165) is 24.3 Å². The molecule has 1 aromatic carbocycles. The Labute approximate surface area is 132 Å². The average molecular weight is 357 g/mol. The number of hydrogen-bond acceptors (Lipinski definition) is 2. The van der Waals surface area contributed by atoms with Crippen LogP contribution in [0.15, 0.2) is 24.3 Å². The van der Waals surface area contributed by atoms with Crippen molar-refractivity contribution < 1.29 is 41.0 Å². The zero-order chi connectivity index (χ0) is 18.5. The normalized spacial score (nSPS) is 12.1. The molecule has 0 radical (unpaired) electrons. The van der Waals surface area contributed by atoms with Crippen LogP contribution in [0.5, 0.6) is 0 Å². The summed E-state index contributed by atoms with van der Waals surface area (Å²) in [6.45, 7) is -1.25. The molecule has 0 saturated carbocycles. The number of carbonyl (C=O) groups is 2. The number of nitrogens with zero attached hydrogens (tertiary/aromatic N) is 1. The molecule has 10 heteroatoms. The van der Waals surface area contributed by atoms with Gasteiger partial charge < -0.3 is 10.0 Å². The molecule has 0 atom stereocenters. The number of carboxylic acid groups (broad SMARTS) is 1. The molecule has 4 nitrogen and oxygen atoms in total. The predicted octanol–water partition coefficient (Wildman–Crippen LogP) is 3.46. The first-order valence-electron chi connectivity index (χ1n) is 6.61. The molecular weight excluding hydrogens is 344 g/mol. The highest BCUT2D eigenvalue weighted by Gasteiger charge is 2.31. The fourth-order valence-corrected chi connectivity index (χ4v) is 1.82. The number of alkyl halides is 6. The van der Waals surface area contributed by atoms with Gasteiger partial charge in [-0.15, -0.1) is 0 Å². The summed E-state index contributed by atoms with van der Waals surface area (Å²) < 4.78 is 73.7. The number of carboxylic acids is 1. The topological polar surface area (TPSA) is 57.6 Å². The van der Waals surface area contributed by atoms with Crippen LogP contribution in [0.3, 0.4) is 0 Å². The fourth-order valence-electron chi connectivity index (χ4n) is 1.82. The Morgan fingerprint density at radius 3 is 1.96 bits per heavy atom. The number of benzene rings is 1. The zero-order valence-corrected chi connectivity index (χ0v) is 12.1. The van der Waals surface area contributed by atoms with Crippen molar-refractivity contribution in [1.29, 1.82) is 0 Å². The molecular formula is C14H13F6NO3. The Bertz CT molecular complexity index is 580. The number of hydrogen-bond donors (Lipinski definition) is 1. The zero-order valence-electron chi connectivity index (χ0n) is 12.1. The van der Waals surface area contributed by atoms with Crippen LogP contribution in [-0.4, -0.2) is 34.6 Å². The Balaban J connectivity index is 2.82. The number of halogens is 6. The minimum absolute atomic E-state index is 0.171. The summed E-state index contributed by atoms with van der Waals surface area (Å²) in [5.41, 5.74) is -0.760. The van der Waals surface area contributed by atoms with Gasteiger partial charge in [-0.2, -0.15) is 26.3 Å². The summed E-state index contributed by atoms with van der Waals surface area (Å²) >= 11 is 0. The van der Waals surface area contributed by atoms with Crippen LogP contribution in [0.2, 0.25) is 0 Å².